The highest BCUT2D eigenvalue weighted by atomic mass is 16.5. The molecule has 1 rings (SSSR count). The maximum Gasteiger partial charge on any atom is 0.0712 e. The Morgan fingerprint density at radius 3 is 2.59 bits per heavy atom. The molecule has 0 spiro atoms. The first kappa shape index (κ1) is 14.9. The lowest BCUT2D eigenvalue weighted by Crippen LogP contribution is -2.41. The third-order valence-corrected chi connectivity index (χ3v) is 3.89. The number of hydrogen-bond donors (Lipinski definition) is 1. The van der Waals surface area contributed by atoms with Crippen molar-refractivity contribution in [1.82, 2.24) is 10.2 Å². The van der Waals surface area contributed by atoms with Gasteiger partial charge in [-0.2, -0.15) is 0 Å². The van der Waals surface area contributed by atoms with Crippen molar-refractivity contribution >= 4 is 0 Å². The summed E-state index contributed by atoms with van der Waals surface area (Å²) in [7, 11) is 0. The summed E-state index contributed by atoms with van der Waals surface area (Å²) in [4.78, 5) is 2.58. The highest BCUT2D eigenvalue weighted by Crippen LogP contribution is 2.11. The van der Waals surface area contributed by atoms with Crippen LogP contribution in [0.4, 0.5) is 0 Å². The quantitative estimate of drug-likeness (QED) is 0.705. The van der Waals surface area contributed by atoms with Crippen LogP contribution in [0.3, 0.4) is 0 Å². The second-order valence-corrected chi connectivity index (χ2v) is 5.06. The predicted octanol–water partition coefficient (Wildman–Crippen LogP) is 2.12. The first-order valence-electron chi connectivity index (χ1n) is 7.34. The average Bonchev–Trinajstić information content (AvgIpc) is 2.40. The molecule has 1 N–H and O–H groups in total. The molecule has 0 aromatic carbocycles. The first-order chi connectivity index (χ1) is 8.30. The topological polar surface area (TPSA) is 24.5 Å². The van der Waals surface area contributed by atoms with E-state index in [-0.39, 0.29) is 0 Å². The molecule has 0 aromatic rings. The zero-order valence-corrected chi connectivity index (χ0v) is 11.9. The zero-order valence-electron chi connectivity index (χ0n) is 11.9. The van der Waals surface area contributed by atoms with Crippen molar-refractivity contribution in [2.24, 2.45) is 5.92 Å². The number of nitrogens with zero attached hydrogens (tertiary/aromatic N) is 1. The fourth-order valence-corrected chi connectivity index (χ4v) is 2.42. The third-order valence-electron chi connectivity index (χ3n) is 3.89. The third kappa shape index (κ3) is 5.84. The van der Waals surface area contributed by atoms with Crippen LogP contribution in [0.5, 0.6) is 0 Å². The van der Waals surface area contributed by atoms with Gasteiger partial charge in [0.25, 0.3) is 0 Å². The standard InChI is InChI=1S/C14H30N2O/c1-4-13(5-2)12-16(6-3)9-7-14-11-15-8-10-17-14/h13-15H,4-12H2,1-3H3. The maximum atomic E-state index is 5.74. The second kappa shape index (κ2) is 8.90. The van der Waals surface area contributed by atoms with Crippen LogP contribution in [0.1, 0.15) is 40.0 Å². The summed E-state index contributed by atoms with van der Waals surface area (Å²) in [5.74, 6) is 0.861. The van der Waals surface area contributed by atoms with Crippen LogP contribution in [0.25, 0.3) is 0 Å². The van der Waals surface area contributed by atoms with Gasteiger partial charge in [-0.3, -0.25) is 0 Å². The van der Waals surface area contributed by atoms with Gasteiger partial charge < -0.3 is 15.0 Å². The smallest absolute Gasteiger partial charge is 0.0712 e. The van der Waals surface area contributed by atoms with Crippen molar-refractivity contribution in [3.8, 4) is 0 Å². The zero-order chi connectivity index (χ0) is 12.5. The molecule has 0 aliphatic carbocycles. The largest absolute Gasteiger partial charge is 0.376 e. The molecule has 1 heterocycles. The van der Waals surface area contributed by atoms with Gasteiger partial charge >= 0.3 is 0 Å². The predicted molar refractivity (Wildman–Crippen MR) is 73.4 cm³/mol. The van der Waals surface area contributed by atoms with E-state index in [9.17, 15) is 0 Å². The number of nitrogens with one attached hydrogen (secondary N) is 1. The van der Waals surface area contributed by atoms with Crippen LogP contribution < -0.4 is 5.32 Å². The summed E-state index contributed by atoms with van der Waals surface area (Å²) in [6, 6.07) is 0. The minimum Gasteiger partial charge on any atom is -0.376 e. The number of morpholine rings is 1. The Morgan fingerprint density at radius 1 is 1.29 bits per heavy atom. The van der Waals surface area contributed by atoms with Gasteiger partial charge in [-0.1, -0.05) is 33.6 Å². The van der Waals surface area contributed by atoms with E-state index in [0.717, 1.165) is 32.2 Å². The van der Waals surface area contributed by atoms with Gasteiger partial charge in [0.05, 0.1) is 12.7 Å². The van der Waals surface area contributed by atoms with Gasteiger partial charge in [0, 0.05) is 26.2 Å². The lowest BCUT2D eigenvalue weighted by Gasteiger charge is -2.29. The van der Waals surface area contributed by atoms with Crippen molar-refractivity contribution in [2.45, 2.75) is 46.1 Å². The number of hydrogen-bond acceptors (Lipinski definition) is 3. The van der Waals surface area contributed by atoms with E-state index in [4.69, 9.17) is 4.74 Å². The SMILES string of the molecule is CCC(CC)CN(CC)CCC1CNCCO1. The molecule has 0 aromatic heterocycles. The molecule has 0 bridgehead atoms. The molecule has 102 valence electrons. The average molecular weight is 242 g/mol. The molecule has 1 saturated heterocycles. The van der Waals surface area contributed by atoms with E-state index in [1.165, 1.54) is 32.4 Å². The minimum absolute atomic E-state index is 0.430. The molecular formula is C14H30N2O. The van der Waals surface area contributed by atoms with Crippen molar-refractivity contribution in [3.63, 3.8) is 0 Å². The molecule has 1 aliphatic heterocycles. The number of ether oxygens (including phenoxy) is 1. The molecule has 17 heavy (non-hydrogen) atoms. The highest BCUT2D eigenvalue weighted by Gasteiger charge is 2.15. The van der Waals surface area contributed by atoms with Crippen molar-refractivity contribution in [1.29, 1.82) is 0 Å². The lowest BCUT2D eigenvalue weighted by atomic mass is 10.0. The summed E-state index contributed by atoms with van der Waals surface area (Å²) in [6.07, 6.45) is 4.20. The van der Waals surface area contributed by atoms with Gasteiger partial charge in [0.15, 0.2) is 0 Å². The first-order valence-corrected chi connectivity index (χ1v) is 7.34. The van der Waals surface area contributed by atoms with Crippen LogP contribution in [-0.2, 0) is 4.74 Å². The van der Waals surface area contributed by atoms with Crippen molar-refractivity contribution in [3.05, 3.63) is 0 Å². The van der Waals surface area contributed by atoms with E-state index in [1.807, 2.05) is 0 Å². The molecule has 1 unspecified atom stereocenters. The fourth-order valence-electron chi connectivity index (χ4n) is 2.42. The molecule has 0 amide bonds. The molecular weight excluding hydrogens is 212 g/mol. The summed E-state index contributed by atoms with van der Waals surface area (Å²) in [5.41, 5.74) is 0. The van der Waals surface area contributed by atoms with Crippen LogP contribution in [0.15, 0.2) is 0 Å². The Balaban J connectivity index is 2.20. The summed E-state index contributed by atoms with van der Waals surface area (Å²) >= 11 is 0. The van der Waals surface area contributed by atoms with E-state index in [2.05, 4.69) is 31.0 Å². The Kier molecular flexibility index (Phi) is 7.82. The second-order valence-electron chi connectivity index (χ2n) is 5.06. The van der Waals surface area contributed by atoms with Gasteiger partial charge in [-0.15, -0.1) is 0 Å². The fraction of sp³-hybridized carbons (Fsp3) is 1.00. The summed E-state index contributed by atoms with van der Waals surface area (Å²) in [5, 5.41) is 3.40. The minimum atomic E-state index is 0.430. The molecule has 3 nitrogen and oxygen atoms in total. The monoisotopic (exact) mass is 242 g/mol. The van der Waals surface area contributed by atoms with Gasteiger partial charge in [0.2, 0.25) is 0 Å². The van der Waals surface area contributed by atoms with Gasteiger partial charge in [-0.05, 0) is 18.9 Å². The molecule has 0 radical (unpaired) electrons. The van der Waals surface area contributed by atoms with Crippen molar-refractivity contribution < 1.29 is 4.74 Å². The van der Waals surface area contributed by atoms with Crippen molar-refractivity contribution in [2.75, 3.05) is 39.3 Å². The maximum absolute atomic E-state index is 5.74. The van der Waals surface area contributed by atoms with Crippen LogP contribution in [0.2, 0.25) is 0 Å². The molecule has 3 heteroatoms. The lowest BCUT2D eigenvalue weighted by molar-refractivity contribution is 0.0167. The molecule has 1 aliphatic rings. The highest BCUT2D eigenvalue weighted by molar-refractivity contribution is 4.70. The van der Waals surface area contributed by atoms with Crippen LogP contribution in [0, 0.1) is 5.92 Å². The summed E-state index contributed by atoms with van der Waals surface area (Å²) in [6.45, 7) is 13.4. The molecule has 0 saturated carbocycles. The van der Waals surface area contributed by atoms with Crippen LogP contribution in [-0.4, -0.2) is 50.3 Å². The number of rotatable bonds is 8. The Morgan fingerprint density at radius 2 is 2.06 bits per heavy atom. The van der Waals surface area contributed by atoms with E-state index in [0.29, 0.717) is 6.10 Å². The van der Waals surface area contributed by atoms with Gasteiger partial charge in [-0.25, -0.2) is 0 Å². The normalized spacial score (nSPS) is 21.4. The van der Waals surface area contributed by atoms with Gasteiger partial charge in [0.1, 0.15) is 0 Å². The Bertz CT molecular complexity index is 177. The van der Waals surface area contributed by atoms with Crippen LogP contribution >= 0.6 is 0 Å². The van der Waals surface area contributed by atoms with E-state index < -0.39 is 0 Å². The Hall–Kier alpha value is -0.120. The van der Waals surface area contributed by atoms with E-state index in [1.54, 1.807) is 0 Å². The molecule has 1 fully saturated rings. The van der Waals surface area contributed by atoms with E-state index >= 15 is 0 Å². The molecule has 1 atom stereocenters. The summed E-state index contributed by atoms with van der Waals surface area (Å²) < 4.78 is 5.74. The Labute approximate surface area is 107 Å².